The van der Waals surface area contributed by atoms with E-state index in [9.17, 15) is 31.1 Å². The van der Waals surface area contributed by atoms with Gasteiger partial charge in [-0.1, -0.05) is 0 Å². The molecule has 1 aromatic heterocycles. The van der Waals surface area contributed by atoms with Crippen LogP contribution < -0.4 is 5.73 Å². The van der Waals surface area contributed by atoms with Gasteiger partial charge in [0, 0.05) is 25.2 Å². The van der Waals surface area contributed by atoms with Crippen LogP contribution in [0.15, 0.2) is 24.5 Å². The molecule has 1 aromatic carbocycles. The fourth-order valence-electron chi connectivity index (χ4n) is 3.23. The minimum atomic E-state index is -4.73. The minimum absolute atomic E-state index is 0.0842. The Labute approximate surface area is 161 Å². The Hall–Kier alpha value is -2.69. The van der Waals surface area contributed by atoms with Gasteiger partial charge in [-0.05, 0) is 30.4 Å². The number of likely N-dealkylation sites (tertiary alicyclic amines) is 1. The molecule has 11 heteroatoms. The molecule has 3 rings (SSSR count). The van der Waals surface area contributed by atoms with Gasteiger partial charge in [0.2, 0.25) is 0 Å². The summed E-state index contributed by atoms with van der Waals surface area (Å²) in [6.45, 7) is 0.332. The van der Waals surface area contributed by atoms with Crippen molar-refractivity contribution >= 4 is 5.91 Å². The SMILES string of the molecule is NC(Cc1cc(F)c(F)cc1F)C1CCN(C(=O)c2cncc(C(F)(F)F)n2)C1. The lowest BCUT2D eigenvalue weighted by Crippen LogP contribution is -2.36. The third-order valence-electron chi connectivity index (χ3n) is 4.81. The van der Waals surface area contributed by atoms with Crippen LogP contribution in [0.5, 0.6) is 0 Å². The van der Waals surface area contributed by atoms with E-state index in [1.54, 1.807) is 0 Å². The summed E-state index contributed by atoms with van der Waals surface area (Å²) in [5.74, 6) is -4.45. The van der Waals surface area contributed by atoms with Gasteiger partial charge in [0.25, 0.3) is 5.91 Å². The molecule has 2 atom stereocenters. The number of hydrogen-bond acceptors (Lipinski definition) is 4. The molecule has 0 spiro atoms. The molecule has 5 nitrogen and oxygen atoms in total. The van der Waals surface area contributed by atoms with Gasteiger partial charge in [-0.3, -0.25) is 9.78 Å². The highest BCUT2D eigenvalue weighted by molar-refractivity contribution is 5.92. The van der Waals surface area contributed by atoms with Gasteiger partial charge in [-0.25, -0.2) is 18.2 Å². The largest absolute Gasteiger partial charge is 0.434 e. The van der Waals surface area contributed by atoms with E-state index in [4.69, 9.17) is 5.73 Å². The lowest BCUT2D eigenvalue weighted by molar-refractivity contribution is -0.141. The maximum atomic E-state index is 13.8. The lowest BCUT2D eigenvalue weighted by atomic mass is 9.93. The lowest BCUT2D eigenvalue weighted by Gasteiger charge is -2.21. The van der Waals surface area contributed by atoms with Crippen LogP contribution in [0.3, 0.4) is 0 Å². The molecule has 0 aliphatic carbocycles. The number of hydrogen-bond donors (Lipinski definition) is 1. The monoisotopic (exact) mass is 418 g/mol. The Kier molecular flexibility index (Phi) is 5.78. The normalized spacial score (nSPS) is 18.2. The second kappa shape index (κ2) is 7.97. The molecule has 2 N–H and O–H groups in total. The number of carbonyl (C=O) groups excluding carboxylic acids is 1. The summed E-state index contributed by atoms with van der Waals surface area (Å²) >= 11 is 0. The predicted molar refractivity (Wildman–Crippen MR) is 89.0 cm³/mol. The summed E-state index contributed by atoms with van der Waals surface area (Å²) < 4.78 is 78.4. The van der Waals surface area contributed by atoms with Crippen LogP contribution in [0.2, 0.25) is 0 Å². The smallest absolute Gasteiger partial charge is 0.337 e. The molecular weight excluding hydrogens is 402 g/mol. The quantitative estimate of drug-likeness (QED) is 0.612. The predicted octanol–water partition coefficient (Wildman–Crippen LogP) is 2.94. The van der Waals surface area contributed by atoms with E-state index in [2.05, 4.69) is 9.97 Å². The molecular formula is C18H16F6N4O. The van der Waals surface area contributed by atoms with Gasteiger partial charge in [0.1, 0.15) is 11.5 Å². The molecule has 1 saturated heterocycles. The van der Waals surface area contributed by atoms with Gasteiger partial charge < -0.3 is 10.6 Å². The van der Waals surface area contributed by atoms with Crippen molar-refractivity contribution in [2.75, 3.05) is 13.1 Å². The van der Waals surface area contributed by atoms with Crippen molar-refractivity contribution in [1.82, 2.24) is 14.9 Å². The van der Waals surface area contributed by atoms with E-state index in [0.29, 0.717) is 18.7 Å². The third-order valence-corrected chi connectivity index (χ3v) is 4.81. The average molecular weight is 418 g/mol. The summed E-state index contributed by atoms with van der Waals surface area (Å²) in [7, 11) is 0. The van der Waals surface area contributed by atoms with Gasteiger partial charge >= 0.3 is 6.18 Å². The van der Waals surface area contributed by atoms with Crippen LogP contribution in [-0.4, -0.2) is 39.9 Å². The number of aromatic nitrogens is 2. The van der Waals surface area contributed by atoms with Crippen LogP contribution in [0, 0.1) is 23.4 Å². The average Bonchev–Trinajstić information content (AvgIpc) is 3.15. The van der Waals surface area contributed by atoms with Crippen molar-refractivity contribution in [3.05, 3.63) is 58.9 Å². The van der Waals surface area contributed by atoms with E-state index in [0.717, 1.165) is 12.3 Å². The summed E-state index contributed by atoms with van der Waals surface area (Å²) in [5, 5.41) is 0. The zero-order valence-corrected chi connectivity index (χ0v) is 14.9. The Morgan fingerprint density at radius 2 is 1.86 bits per heavy atom. The summed E-state index contributed by atoms with van der Waals surface area (Å²) in [6, 6.07) is 0.508. The molecule has 0 bridgehead atoms. The first kappa shape index (κ1) is 21.0. The van der Waals surface area contributed by atoms with Gasteiger partial charge in [-0.2, -0.15) is 13.2 Å². The molecule has 0 saturated carbocycles. The van der Waals surface area contributed by atoms with Crippen molar-refractivity contribution in [3.63, 3.8) is 0 Å². The second-order valence-corrected chi connectivity index (χ2v) is 6.81. The zero-order valence-electron chi connectivity index (χ0n) is 14.9. The number of alkyl halides is 3. The van der Waals surface area contributed by atoms with E-state index in [1.807, 2.05) is 0 Å². The van der Waals surface area contributed by atoms with E-state index in [-0.39, 0.29) is 31.0 Å². The third kappa shape index (κ3) is 4.66. The molecule has 29 heavy (non-hydrogen) atoms. The summed E-state index contributed by atoms with van der Waals surface area (Å²) in [6.07, 6.45) is -2.92. The second-order valence-electron chi connectivity index (χ2n) is 6.81. The molecule has 0 radical (unpaired) electrons. The fraction of sp³-hybridized carbons (Fsp3) is 0.389. The van der Waals surface area contributed by atoms with E-state index in [1.165, 1.54) is 4.90 Å². The Bertz CT molecular complexity index is 920. The highest BCUT2D eigenvalue weighted by Crippen LogP contribution is 2.28. The number of amides is 1. The van der Waals surface area contributed by atoms with Crippen LogP contribution in [0.25, 0.3) is 0 Å². The molecule has 1 amide bonds. The molecule has 2 aromatic rings. The number of halogens is 6. The van der Waals surface area contributed by atoms with Crippen molar-refractivity contribution < 1.29 is 31.1 Å². The highest BCUT2D eigenvalue weighted by atomic mass is 19.4. The summed E-state index contributed by atoms with van der Waals surface area (Å²) in [4.78, 5) is 20.5. The van der Waals surface area contributed by atoms with E-state index >= 15 is 0 Å². The molecule has 2 unspecified atom stereocenters. The first-order chi connectivity index (χ1) is 13.6. The standard InChI is InChI=1S/C18H16F6N4O/c19-11-5-13(21)12(20)3-10(11)4-14(25)9-1-2-28(8-9)17(29)15-6-26-7-16(27-15)18(22,23)24/h3,5-7,9,14H,1-2,4,8,25H2. The van der Waals surface area contributed by atoms with Gasteiger partial charge in [-0.15, -0.1) is 0 Å². The topological polar surface area (TPSA) is 72.1 Å². The van der Waals surface area contributed by atoms with Crippen LogP contribution in [0.4, 0.5) is 26.3 Å². The zero-order chi connectivity index (χ0) is 21.3. The molecule has 2 heterocycles. The number of carbonyl (C=O) groups is 1. The Morgan fingerprint density at radius 3 is 2.55 bits per heavy atom. The van der Waals surface area contributed by atoms with Gasteiger partial charge in [0.15, 0.2) is 17.3 Å². The number of nitrogens with two attached hydrogens (primary N) is 1. The maximum Gasteiger partial charge on any atom is 0.434 e. The number of benzene rings is 1. The fourth-order valence-corrected chi connectivity index (χ4v) is 3.23. The Balaban J connectivity index is 1.67. The van der Waals surface area contributed by atoms with Crippen molar-refractivity contribution in [2.45, 2.75) is 25.1 Å². The van der Waals surface area contributed by atoms with Crippen LogP contribution in [0.1, 0.15) is 28.2 Å². The molecule has 156 valence electrons. The number of rotatable bonds is 4. The minimum Gasteiger partial charge on any atom is -0.337 e. The highest BCUT2D eigenvalue weighted by Gasteiger charge is 2.35. The van der Waals surface area contributed by atoms with Crippen LogP contribution in [-0.2, 0) is 12.6 Å². The Morgan fingerprint density at radius 1 is 1.17 bits per heavy atom. The molecule has 1 aliphatic rings. The van der Waals surface area contributed by atoms with Gasteiger partial charge in [0.05, 0.1) is 12.4 Å². The number of nitrogens with zero attached hydrogens (tertiary/aromatic N) is 3. The molecule has 1 aliphatic heterocycles. The molecule has 1 fully saturated rings. The first-order valence-electron chi connectivity index (χ1n) is 8.63. The van der Waals surface area contributed by atoms with Crippen molar-refractivity contribution in [3.8, 4) is 0 Å². The summed E-state index contributed by atoms with van der Waals surface area (Å²) in [5.41, 5.74) is 4.24. The van der Waals surface area contributed by atoms with Crippen LogP contribution >= 0.6 is 0 Å². The first-order valence-corrected chi connectivity index (χ1v) is 8.63. The van der Waals surface area contributed by atoms with E-state index < -0.39 is 47.0 Å². The van der Waals surface area contributed by atoms with Crippen molar-refractivity contribution in [1.29, 1.82) is 0 Å². The van der Waals surface area contributed by atoms with Crippen molar-refractivity contribution in [2.24, 2.45) is 11.7 Å². The maximum absolute atomic E-state index is 13.8.